The molecule has 2 saturated heterocycles. The quantitative estimate of drug-likeness (QED) is 0.330. The zero-order chi connectivity index (χ0) is 30.5. The van der Waals surface area contributed by atoms with Crippen molar-refractivity contribution in [3.63, 3.8) is 0 Å². The fraction of sp³-hybridized carbons (Fsp3) is 0.455. The van der Waals surface area contributed by atoms with Crippen molar-refractivity contribution < 1.29 is 18.8 Å². The van der Waals surface area contributed by atoms with E-state index in [1.165, 1.54) is 11.3 Å². The highest BCUT2D eigenvalue weighted by atomic mass is 16.4. The van der Waals surface area contributed by atoms with Gasteiger partial charge in [-0.1, -0.05) is 32.0 Å². The number of nitrogens with one attached hydrogen (secondary N) is 2. The summed E-state index contributed by atoms with van der Waals surface area (Å²) in [5, 5.41) is 6.00. The molecule has 2 fully saturated rings. The van der Waals surface area contributed by atoms with E-state index in [-0.39, 0.29) is 29.3 Å². The molecule has 3 heterocycles. The van der Waals surface area contributed by atoms with Crippen LogP contribution in [0.15, 0.2) is 46.9 Å². The van der Waals surface area contributed by atoms with E-state index in [9.17, 15) is 14.4 Å². The SMILES string of the molecule is Cc1ccccc1N1CCN(c2ccc(C(=O)NCCCN3CCCC3=O)cc2NC(=O)c2nc(C(C)C)oc2C)CC1. The number of para-hydroxylation sites is 1. The molecule has 3 amide bonds. The molecule has 0 atom stereocenters. The summed E-state index contributed by atoms with van der Waals surface area (Å²) < 4.78 is 5.73. The highest BCUT2D eigenvalue weighted by molar-refractivity contribution is 6.06. The van der Waals surface area contributed by atoms with Gasteiger partial charge in [0.2, 0.25) is 5.91 Å². The molecule has 43 heavy (non-hydrogen) atoms. The van der Waals surface area contributed by atoms with Crippen molar-refractivity contribution in [2.24, 2.45) is 0 Å². The van der Waals surface area contributed by atoms with Gasteiger partial charge in [-0.3, -0.25) is 14.4 Å². The largest absolute Gasteiger partial charge is 0.445 e. The van der Waals surface area contributed by atoms with Crippen LogP contribution >= 0.6 is 0 Å². The van der Waals surface area contributed by atoms with E-state index in [1.807, 2.05) is 24.8 Å². The first-order valence-corrected chi connectivity index (χ1v) is 15.3. The van der Waals surface area contributed by atoms with Crippen molar-refractivity contribution in [2.45, 2.75) is 52.9 Å². The van der Waals surface area contributed by atoms with Crippen molar-refractivity contribution in [1.29, 1.82) is 0 Å². The Kier molecular flexibility index (Phi) is 9.33. The molecule has 1 aromatic heterocycles. The maximum Gasteiger partial charge on any atom is 0.277 e. The van der Waals surface area contributed by atoms with Crippen LogP contribution in [0.4, 0.5) is 17.1 Å². The first-order valence-electron chi connectivity index (χ1n) is 15.3. The second-order valence-corrected chi connectivity index (χ2v) is 11.7. The lowest BCUT2D eigenvalue weighted by Gasteiger charge is -2.38. The molecule has 5 rings (SSSR count). The Morgan fingerprint density at radius 2 is 1.67 bits per heavy atom. The first kappa shape index (κ1) is 30.1. The standard InChI is InChI=1S/C33H42N6O4/c1-22(2)33-36-30(24(4)43-33)32(42)35-26-21-25(31(41)34-14-8-16-39-15-7-11-29(39)40)12-13-28(26)38-19-17-37(18-20-38)27-10-6-5-9-23(27)3/h5-6,9-10,12-13,21-22H,7-8,11,14-20H2,1-4H3,(H,34,41)(H,35,42). The van der Waals surface area contributed by atoms with Gasteiger partial charge < -0.3 is 29.8 Å². The van der Waals surface area contributed by atoms with Gasteiger partial charge in [0.15, 0.2) is 11.6 Å². The maximum absolute atomic E-state index is 13.4. The number of aromatic nitrogens is 1. The number of oxazole rings is 1. The third-order valence-corrected chi connectivity index (χ3v) is 8.17. The minimum Gasteiger partial charge on any atom is -0.445 e. The molecule has 0 aliphatic carbocycles. The van der Waals surface area contributed by atoms with Crippen LogP contribution in [0.5, 0.6) is 0 Å². The topological polar surface area (TPSA) is 111 Å². The van der Waals surface area contributed by atoms with Crippen LogP contribution in [0.3, 0.4) is 0 Å². The number of carbonyl (C=O) groups excluding carboxylic acids is 3. The average molecular weight is 587 g/mol. The second-order valence-electron chi connectivity index (χ2n) is 11.7. The zero-order valence-corrected chi connectivity index (χ0v) is 25.6. The molecular formula is C33H42N6O4. The molecule has 0 radical (unpaired) electrons. The fourth-order valence-electron chi connectivity index (χ4n) is 5.73. The summed E-state index contributed by atoms with van der Waals surface area (Å²) >= 11 is 0. The van der Waals surface area contributed by atoms with Gasteiger partial charge in [-0.15, -0.1) is 0 Å². The number of anilines is 3. The van der Waals surface area contributed by atoms with Gasteiger partial charge in [0, 0.05) is 69.4 Å². The summed E-state index contributed by atoms with van der Waals surface area (Å²) in [6.07, 6.45) is 2.20. The number of hydrogen-bond donors (Lipinski definition) is 2. The molecule has 3 aromatic rings. The summed E-state index contributed by atoms with van der Waals surface area (Å²) in [4.78, 5) is 49.3. The molecule has 0 bridgehead atoms. The van der Waals surface area contributed by atoms with Crippen molar-refractivity contribution in [3.8, 4) is 0 Å². The predicted molar refractivity (Wildman–Crippen MR) is 168 cm³/mol. The lowest BCUT2D eigenvalue weighted by Crippen LogP contribution is -2.47. The zero-order valence-electron chi connectivity index (χ0n) is 25.6. The van der Waals surface area contributed by atoms with Crippen molar-refractivity contribution in [1.82, 2.24) is 15.2 Å². The summed E-state index contributed by atoms with van der Waals surface area (Å²) in [6, 6.07) is 13.8. The number of aryl methyl sites for hydroxylation is 2. The first-order chi connectivity index (χ1) is 20.7. The molecule has 2 aliphatic rings. The minimum atomic E-state index is -0.374. The number of nitrogens with zero attached hydrogens (tertiary/aromatic N) is 4. The van der Waals surface area contributed by atoms with Crippen LogP contribution in [-0.2, 0) is 4.79 Å². The number of likely N-dealkylation sites (tertiary alicyclic amines) is 1. The van der Waals surface area contributed by atoms with Crippen LogP contribution in [0.1, 0.15) is 77.1 Å². The number of hydrogen-bond acceptors (Lipinski definition) is 7. The van der Waals surface area contributed by atoms with Gasteiger partial charge in [0.05, 0.1) is 11.4 Å². The smallest absolute Gasteiger partial charge is 0.277 e. The van der Waals surface area contributed by atoms with Crippen LogP contribution in [0.25, 0.3) is 0 Å². The predicted octanol–water partition coefficient (Wildman–Crippen LogP) is 4.74. The Morgan fingerprint density at radius 3 is 2.33 bits per heavy atom. The Hall–Kier alpha value is -4.34. The molecule has 0 unspecified atom stereocenters. The second kappa shape index (κ2) is 13.3. The number of amides is 3. The number of rotatable bonds is 10. The van der Waals surface area contributed by atoms with Gasteiger partial charge in [-0.2, -0.15) is 0 Å². The summed E-state index contributed by atoms with van der Waals surface area (Å²) in [7, 11) is 0. The lowest BCUT2D eigenvalue weighted by atomic mass is 10.1. The van der Waals surface area contributed by atoms with E-state index in [1.54, 1.807) is 19.1 Å². The molecule has 228 valence electrons. The van der Waals surface area contributed by atoms with Gasteiger partial charge in [0.25, 0.3) is 11.8 Å². The Balaban J connectivity index is 1.32. The van der Waals surface area contributed by atoms with Crippen LogP contribution in [0, 0.1) is 13.8 Å². The molecule has 0 saturated carbocycles. The molecule has 10 nitrogen and oxygen atoms in total. The highest BCUT2D eigenvalue weighted by Gasteiger charge is 2.25. The van der Waals surface area contributed by atoms with E-state index in [0.29, 0.717) is 48.8 Å². The molecular weight excluding hydrogens is 544 g/mol. The molecule has 2 aromatic carbocycles. The van der Waals surface area contributed by atoms with Gasteiger partial charge in [-0.25, -0.2) is 4.98 Å². The Morgan fingerprint density at radius 1 is 0.953 bits per heavy atom. The van der Waals surface area contributed by atoms with Crippen molar-refractivity contribution >= 4 is 34.8 Å². The number of benzene rings is 2. The average Bonchev–Trinajstić information content (AvgIpc) is 3.60. The summed E-state index contributed by atoms with van der Waals surface area (Å²) in [5.74, 6) is 0.611. The van der Waals surface area contributed by atoms with Crippen molar-refractivity contribution in [2.75, 3.05) is 60.9 Å². The lowest BCUT2D eigenvalue weighted by molar-refractivity contribution is -0.127. The third kappa shape index (κ3) is 7.01. The molecule has 10 heteroatoms. The fourth-order valence-corrected chi connectivity index (χ4v) is 5.73. The van der Waals surface area contributed by atoms with Crippen LogP contribution in [-0.4, -0.2) is 73.4 Å². The molecule has 2 aliphatic heterocycles. The highest BCUT2D eigenvalue weighted by Crippen LogP contribution is 2.31. The van der Waals surface area contributed by atoms with Gasteiger partial charge in [0.1, 0.15) is 5.76 Å². The summed E-state index contributed by atoms with van der Waals surface area (Å²) in [6.45, 7) is 12.9. The van der Waals surface area contributed by atoms with E-state index >= 15 is 0 Å². The van der Waals surface area contributed by atoms with Crippen LogP contribution < -0.4 is 20.4 Å². The van der Waals surface area contributed by atoms with Crippen LogP contribution in [0.2, 0.25) is 0 Å². The van der Waals surface area contributed by atoms with Gasteiger partial charge >= 0.3 is 0 Å². The number of piperazine rings is 1. The maximum atomic E-state index is 13.4. The van der Waals surface area contributed by atoms with E-state index in [4.69, 9.17) is 4.42 Å². The third-order valence-electron chi connectivity index (χ3n) is 8.17. The van der Waals surface area contributed by atoms with E-state index in [0.717, 1.165) is 44.8 Å². The normalized spacial score (nSPS) is 15.4. The minimum absolute atomic E-state index is 0.0518. The summed E-state index contributed by atoms with van der Waals surface area (Å²) in [5.41, 5.74) is 4.58. The molecule has 2 N–H and O–H groups in total. The Labute approximate surface area is 253 Å². The van der Waals surface area contributed by atoms with E-state index < -0.39 is 0 Å². The molecule has 0 spiro atoms. The van der Waals surface area contributed by atoms with Crippen molar-refractivity contribution in [3.05, 3.63) is 70.9 Å². The van der Waals surface area contributed by atoms with Gasteiger partial charge in [-0.05, 0) is 56.5 Å². The monoisotopic (exact) mass is 586 g/mol. The Bertz CT molecular complexity index is 1470. The van der Waals surface area contributed by atoms with E-state index in [2.05, 4.69) is 56.6 Å². The number of carbonyl (C=O) groups is 3.